The zero-order valence-corrected chi connectivity index (χ0v) is 13.7. The fourth-order valence-electron chi connectivity index (χ4n) is 1.73. The highest BCUT2D eigenvalue weighted by Gasteiger charge is 2.22. The number of halogens is 2. The van der Waals surface area contributed by atoms with Crippen molar-refractivity contribution in [1.29, 1.82) is 0 Å². The predicted molar refractivity (Wildman–Crippen MR) is 78.1 cm³/mol. The minimum Gasteiger partial charge on any atom is -0.308 e. The lowest BCUT2D eigenvalue weighted by Gasteiger charge is -2.20. The van der Waals surface area contributed by atoms with Gasteiger partial charge in [-0.25, -0.2) is 17.2 Å². The third-order valence-corrected chi connectivity index (χ3v) is 4.71. The van der Waals surface area contributed by atoms with Crippen LogP contribution < -0.4 is 5.32 Å². The fourth-order valence-corrected chi connectivity index (χ4v) is 2.47. The maximum Gasteiger partial charge on any atom is 0.280 e. The van der Waals surface area contributed by atoms with E-state index >= 15 is 0 Å². The minimum absolute atomic E-state index is 0.00326. The third-order valence-electron chi connectivity index (χ3n) is 3.03. The molecular formula is C13H23F2N3O2S. The van der Waals surface area contributed by atoms with Crippen LogP contribution in [0.4, 0.5) is 8.78 Å². The van der Waals surface area contributed by atoms with E-state index in [2.05, 4.69) is 10.4 Å². The van der Waals surface area contributed by atoms with Crippen LogP contribution in [0.1, 0.15) is 45.4 Å². The van der Waals surface area contributed by atoms with Crippen LogP contribution in [0.15, 0.2) is 6.20 Å². The summed E-state index contributed by atoms with van der Waals surface area (Å²) in [6.07, 6.45) is -1.31. The molecule has 0 saturated heterocycles. The molecule has 1 rings (SSSR count). The molecule has 0 aliphatic heterocycles. The van der Waals surface area contributed by atoms with E-state index in [0.717, 1.165) is 4.68 Å². The van der Waals surface area contributed by atoms with Crippen molar-refractivity contribution in [2.45, 2.75) is 52.7 Å². The molecule has 0 radical (unpaired) electrons. The van der Waals surface area contributed by atoms with Gasteiger partial charge in [0, 0.05) is 23.4 Å². The summed E-state index contributed by atoms with van der Waals surface area (Å²) in [6, 6.07) is 0. The van der Waals surface area contributed by atoms with Crippen LogP contribution in [0.5, 0.6) is 0 Å². The Balaban J connectivity index is 2.89. The van der Waals surface area contributed by atoms with Gasteiger partial charge in [-0.3, -0.25) is 4.68 Å². The van der Waals surface area contributed by atoms with Crippen molar-refractivity contribution < 1.29 is 17.2 Å². The van der Waals surface area contributed by atoms with Crippen molar-refractivity contribution >= 4 is 9.84 Å². The summed E-state index contributed by atoms with van der Waals surface area (Å²) in [7, 11) is -3.21. The Morgan fingerprint density at radius 2 is 2.00 bits per heavy atom. The largest absolute Gasteiger partial charge is 0.308 e. The van der Waals surface area contributed by atoms with Gasteiger partial charge in [0.1, 0.15) is 5.69 Å². The van der Waals surface area contributed by atoms with E-state index < -0.39 is 16.3 Å². The maximum absolute atomic E-state index is 13.2. The number of alkyl halides is 2. The first-order valence-electron chi connectivity index (χ1n) is 6.84. The van der Waals surface area contributed by atoms with Crippen LogP contribution in [0.3, 0.4) is 0 Å². The van der Waals surface area contributed by atoms with Crippen molar-refractivity contribution in [2.24, 2.45) is 0 Å². The van der Waals surface area contributed by atoms with Gasteiger partial charge in [-0.05, 0) is 20.8 Å². The standard InChI is InChI=1S/C13H23F2N3O2S/c1-5-21(19,20)7-6-18-11(12(14)15)10(9-17-18)8-16-13(2,3)4/h9,12,16H,5-8H2,1-4H3. The lowest BCUT2D eigenvalue weighted by Crippen LogP contribution is -2.35. The van der Waals surface area contributed by atoms with Crippen molar-refractivity contribution in [3.8, 4) is 0 Å². The molecule has 1 aromatic heterocycles. The van der Waals surface area contributed by atoms with Gasteiger partial charge in [0.25, 0.3) is 6.43 Å². The molecule has 0 unspecified atom stereocenters. The first kappa shape index (κ1) is 18.0. The minimum atomic E-state index is -3.21. The second-order valence-electron chi connectivity index (χ2n) is 5.92. The quantitative estimate of drug-likeness (QED) is 0.835. The van der Waals surface area contributed by atoms with Gasteiger partial charge in [-0.2, -0.15) is 5.10 Å². The summed E-state index contributed by atoms with van der Waals surface area (Å²) < 4.78 is 50.5. The number of aryl methyl sites for hydroxylation is 1. The van der Waals surface area contributed by atoms with Gasteiger partial charge in [0.2, 0.25) is 0 Å². The zero-order chi connectivity index (χ0) is 16.3. The van der Waals surface area contributed by atoms with Crippen LogP contribution in [0.25, 0.3) is 0 Å². The molecule has 8 heteroatoms. The zero-order valence-electron chi connectivity index (χ0n) is 12.9. The molecule has 0 aliphatic rings. The number of hydrogen-bond donors (Lipinski definition) is 1. The Bertz CT molecular complexity index is 562. The Labute approximate surface area is 124 Å². The first-order chi connectivity index (χ1) is 9.56. The maximum atomic E-state index is 13.2. The number of aromatic nitrogens is 2. The Hall–Kier alpha value is -1.02. The highest BCUT2D eigenvalue weighted by Crippen LogP contribution is 2.23. The van der Waals surface area contributed by atoms with Crippen LogP contribution in [-0.2, 0) is 22.9 Å². The molecule has 5 nitrogen and oxygen atoms in total. The Morgan fingerprint density at radius 3 is 2.48 bits per heavy atom. The summed E-state index contributed by atoms with van der Waals surface area (Å²) >= 11 is 0. The van der Waals surface area contributed by atoms with Crippen molar-refractivity contribution in [2.75, 3.05) is 11.5 Å². The Morgan fingerprint density at radius 1 is 1.38 bits per heavy atom. The van der Waals surface area contributed by atoms with E-state index in [9.17, 15) is 17.2 Å². The van der Waals surface area contributed by atoms with Gasteiger partial charge in [0.05, 0.1) is 18.5 Å². The molecular weight excluding hydrogens is 300 g/mol. The number of nitrogens with one attached hydrogen (secondary N) is 1. The average Bonchev–Trinajstić information content (AvgIpc) is 2.76. The summed E-state index contributed by atoms with van der Waals surface area (Å²) in [5, 5.41) is 7.03. The van der Waals surface area contributed by atoms with Gasteiger partial charge in [-0.15, -0.1) is 0 Å². The number of hydrogen-bond acceptors (Lipinski definition) is 4. The monoisotopic (exact) mass is 323 g/mol. The summed E-state index contributed by atoms with van der Waals surface area (Å²) in [5.41, 5.74) is -0.0144. The highest BCUT2D eigenvalue weighted by molar-refractivity contribution is 7.91. The van der Waals surface area contributed by atoms with Gasteiger partial charge in [0.15, 0.2) is 9.84 Å². The second kappa shape index (κ2) is 6.83. The van der Waals surface area contributed by atoms with E-state index in [4.69, 9.17) is 0 Å². The number of sulfone groups is 1. The molecule has 0 atom stereocenters. The average molecular weight is 323 g/mol. The molecule has 0 aliphatic carbocycles. The number of nitrogens with zero attached hydrogens (tertiary/aromatic N) is 2. The molecule has 1 N–H and O–H groups in total. The van der Waals surface area contributed by atoms with Gasteiger partial charge in [-0.1, -0.05) is 6.92 Å². The lowest BCUT2D eigenvalue weighted by molar-refractivity contribution is 0.138. The van der Waals surface area contributed by atoms with Crippen molar-refractivity contribution in [3.63, 3.8) is 0 Å². The van der Waals surface area contributed by atoms with Crippen LogP contribution >= 0.6 is 0 Å². The second-order valence-corrected chi connectivity index (χ2v) is 8.39. The molecule has 0 fully saturated rings. The van der Waals surface area contributed by atoms with Crippen LogP contribution in [-0.4, -0.2) is 35.2 Å². The third kappa shape index (κ3) is 5.70. The summed E-state index contributed by atoms with van der Waals surface area (Å²) in [6.45, 7) is 7.56. The fraction of sp³-hybridized carbons (Fsp3) is 0.769. The smallest absolute Gasteiger partial charge is 0.280 e. The van der Waals surface area contributed by atoms with Gasteiger partial charge < -0.3 is 5.32 Å². The molecule has 0 aromatic carbocycles. The molecule has 0 bridgehead atoms. The summed E-state index contributed by atoms with van der Waals surface area (Å²) in [4.78, 5) is 0. The van der Waals surface area contributed by atoms with Crippen molar-refractivity contribution in [1.82, 2.24) is 15.1 Å². The molecule has 1 heterocycles. The SMILES string of the molecule is CCS(=O)(=O)CCn1ncc(CNC(C)(C)C)c1C(F)F. The topological polar surface area (TPSA) is 64.0 Å². The number of rotatable bonds is 7. The van der Waals surface area contributed by atoms with E-state index in [1.165, 1.54) is 13.1 Å². The Kier molecular flexibility index (Phi) is 5.86. The van der Waals surface area contributed by atoms with E-state index in [1.54, 1.807) is 0 Å². The van der Waals surface area contributed by atoms with E-state index in [1.807, 2.05) is 20.8 Å². The highest BCUT2D eigenvalue weighted by atomic mass is 32.2. The normalized spacial score (nSPS) is 13.1. The van der Waals surface area contributed by atoms with E-state index in [0.29, 0.717) is 5.56 Å². The van der Waals surface area contributed by atoms with Crippen molar-refractivity contribution in [3.05, 3.63) is 17.5 Å². The molecule has 122 valence electrons. The molecule has 1 aromatic rings. The van der Waals surface area contributed by atoms with E-state index in [-0.39, 0.29) is 35.8 Å². The lowest BCUT2D eigenvalue weighted by atomic mass is 10.1. The van der Waals surface area contributed by atoms with Crippen LogP contribution in [0.2, 0.25) is 0 Å². The molecule has 0 spiro atoms. The van der Waals surface area contributed by atoms with Gasteiger partial charge >= 0.3 is 0 Å². The predicted octanol–water partition coefficient (Wildman–Crippen LogP) is 2.14. The molecule has 21 heavy (non-hydrogen) atoms. The summed E-state index contributed by atoms with van der Waals surface area (Å²) in [5.74, 6) is -0.187. The molecule has 0 amide bonds. The van der Waals surface area contributed by atoms with Crippen LogP contribution in [0, 0.1) is 0 Å². The molecule has 0 saturated carbocycles. The first-order valence-corrected chi connectivity index (χ1v) is 8.66.